The lowest BCUT2D eigenvalue weighted by Crippen LogP contribution is -2.57. The Morgan fingerprint density at radius 3 is 2.55 bits per heavy atom. The molecule has 5 heteroatoms. The number of halogens is 1. The zero-order valence-corrected chi connectivity index (χ0v) is 13.2. The second-order valence-corrected chi connectivity index (χ2v) is 6.69. The van der Waals surface area contributed by atoms with Crippen molar-refractivity contribution < 1.29 is 14.2 Å². The number of piperazine rings is 1. The zero-order valence-electron chi connectivity index (χ0n) is 13.2. The van der Waals surface area contributed by atoms with E-state index in [1.807, 2.05) is 6.07 Å². The van der Waals surface area contributed by atoms with E-state index in [1.54, 1.807) is 12.1 Å². The summed E-state index contributed by atoms with van der Waals surface area (Å²) in [7, 11) is 0. The van der Waals surface area contributed by atoms with E-state index in [-0.39, 0.29) is 23.9 Å². The molecule has 22 heavy (non-hydrogen) atoms. The monoisotopic (exact) mass is 308 g/mol. The number of aliphatic hydroxyl groups is 1. The summed E-state index contributed by atoms with van der Waals surface area (Å²) in [5.74, 6) is -0.169. The van der Waals surface area contributed by atoms with E-state index >= 15 is 0 Å². The van der Waals surface area contributed by atoms with Gasteiger partial charge >= 0.3 is 0 Å². The Morgan fingerprint density at radius 1 is 1.27 bits per heavy atom. The maximum Gasteiger partial charge on any atom is 0.123 e. The minimum absolute atomic E-state index is 0.0453. The first-order valence-corrected chi connectivity index (χ1v) is 8.02. The van der Waals surface area contributed by atoms with Crippen LogP contribution in [0.25, 0.3) is 0 Å². The standard InChI is InChI=1S/C17H25FN2O2/c1-14(15-3-2-4-16(18)9-15)20-7-5-19(6-8-20)10-17(11-21)12-22-13-17/h2-4,9,14,21H,5-8,10-13H2,1H3. The van der Waals surface area contributed by atoms with Crippen LogP contribution in [0.4, 0.5) is 4.39 Å². The molecular weight excluding hydrogens is 283 g/mol. The third-order valence-electron chi connectivity index (χ3n) is 5.00. The molecule has 2 heterocycles. The Balaban J connectivity index is 1.53. The van der Waals surface area contributed by atoms with Crippen molar-refractivity contribution in [3.63, 3.8) is 0 Å². The highest BCUT2D eigenvalue weighted by molar-refractivity contribution is 5.19. The molecule has 3 rings (SSSR count). The maximum atomic E-state index is 13.4. The molecule has 0 saturated carbocycles. The molecule has 0 spiro atoms. The predicted molar refractivity (Wildman–Crippen MR) is 83.2 cm³/mol. The average Bonchev–Trinajstić information content (AvgIpc) is 2.51. The molecule has 122 valence electrons. The van der Waals surface area contributed by atoms with Crippen LogP contribution in [0.15, 0.2) is 24.3 Å². The summed E-state index contributed by atoms with van der Waals surface area (Å²) in [6.07, 6.45) is 0. The first-order chi connectivity index (χ1) is 10.6. The fourth-order valence-corrected chi connectivity index (χ4v) is 3.38. The van der Waals surface area contributed by atoms with Crippen molar-refractivity contribution in [3.05, 3.63) is 35.6 Å². The second-order valence-electron chi connectivity index (χ2n) is 6.69. The van der Waals surface area contributed by atoms with Gasteiger partial charge in [-0.15, -0.1) is 0 Å². The van der Waals surface area contributed by atoms with Gasteiger partial charge in [-0.1, -0.05) is 12.1 Å². The summed E-state index contributed by atoms with van der Waals surface area (Å²) in [6, 6.07) is 7.12. The van der Waals surface area contributed by atoms with Gasteiger partial charge in [0.25, 0.3) is 0 Å². The Kier molecular flexibility index (Phi) is 4.78. The van der Waals surface area contributed by atoms with Gasteiger partial charge in [0.2, 0.25) is 0 Å². The number of ether oxygens (including phenoxy) is 1. The first-order valence-electron chi connectivity index (χ1n) is 8.02. The van der Waals surface area contributed by atoms with Crippen LogP contribution in [-0.2, 0) is 4.74 Å². The van der Waals surface area contributed by atoms with Crippen molar-refractivity contribution in [2.24, 2.45) is 5.41 Å². The molecule has 1 unspecified atom stereocenters. The van der Waals surface area contributed by atoms with Gasteiger partial charge in [-0.05, 0) is 24.6 Å². The van der Waals surface area contributed by atoms with E-state index < -0.39 is 0 Å². The molecule has 0 amide bonds. The predicted octanol–water partition coefficient (Wildman–Crippen LogP) is 1.51. The molecule has 1 atom stereocenters. The highest BCUT2D eigenvalue weighted by atomic mass is 19.1. The molecule has 2 saturated heterocycles. The van der Waals surface area contributed by atoms with Gasteiger partial charge in [-0.2, -0.15) is 0 Å². The molecule has 4 nitrogen and oxygen atoms in total. The van der Waals surface area contributed by atoms with Crippen LogP contribution in [0.1, 0.15) is 18.5 Å². The molecule has 2 aliphatic rings. The highest BCUT2D eigenvalue weighted by Gasteiger charge is 2.40. The number of benzene rings is 1. The maximum absolute atomic E-state index is 13.4. The van der Waals surface area contributed by atoms with Crippen molar-refractivity contribution in [1.82, 2.24) is 9.80 Å². The minimum atomic E-state index is -0.169. The summed E-state index contributed by atoms with van der Waals surface area (Å²) in [5, 5.41) is 9.53. The van der Waals surface area contributed by atoms with Crippen molar-refractivity contribution in [2.75, 3.05) is 52.5 Å². The number of hydrogen-bond acceptors (Lipinski definition) is 4. The van der Waals surface area contributed by atoms with Crippen LogP contribution < -0.4 is 0 Å². The lowest BCUT2D eigenvalue weighted by molar-refractivity contribution is -0.151. The zero-order chi connectivity index (χ0) is 15.6. The molecule has 1 N–H and O–H groups in total. The van der Waals surface area contributed by atoms with E-state index in [9.17, 15) is 9.50 Å². The van der Waals surface area contributed by atoms with E-state index in [0.717, 1.165) is 38.3 Å². The fourth-order valence-electron chi connectivity index (χ4n) is 3.38. The molecule has 0 radical (unpaired) electrons. The summed E-state index contributed by atoms with van der Waals surface area (Å²) in [4.78, 5) is 4.81. The SMILES string of the molecule is CC(c1cccc(F)c1)N1CCN(CC2(CO)COC2)CC1. The number of nitrogens with zero attached hydrogens (tertiary/aromatic N) is 2. The van der Waals surface area contributed by atoms with E-state index in [0.29, 0.717) is 13.2 Å². The molecule has 1 aromatic carbocycles. The van der Waals surface area contributed by atoms with Gasteiger partial charge in [-0.25, -0.2) is 4.39 Å². The average molecular weight is 308 g/mol. The van der Waals surface area contributed by atoms with Gasteiger partial charge in [-0.3, -0.25) is 9.80 Å². The molecule has 0 aliphatic carbocycles. The van der Waals surface area contributed by atoms with Crippen molar-refractivity contribution >= 4 is 0 Å². The number of aliphatic hydroxyl groups excluding tert-OH is 1. The molecule has 1 aromatic rings. The largest absolute Gasteiger partial charge is 0.396 e. The fraction of sp³-hybridized carbons (Fsp3) is 0.647. The van der Waals surface area contributed by atoms with E-state index in [4.69, 9.17) is 4.74 Å². The van der Waals surface area contributed by atoms with Crippen LogP contribution >= 0.6 is 0 Å². The van der Waals surface area contributed by atoms with Crippen LogP contribution in [-0.4, -0.2) is 67.5 Å². The van der Waals surface area contributed by atoms with Gasteiger partial charge < -0.3 is 9.84 Å². The summed E-state index contributed by atoms with van der Waals surface area (Å²) >= 11 is 0. The van der Waals surface area contributed by atoms with E-state index in [1.165, 1.54) is 6.07 Å². The van der Waals surface area contributed by atoms with Crippen LogP contribution in [0, 0.1) is 11.2 Å². The lowest BCUT2D eigenvalue weighted by atomic mass is 9.86. The normalized spacial score (nSPS) is 24.0. The summed E-state index contributed by atoms with van der Waals surface area (Å²) < 4.78 is 18.6. The third kappa shape index (κ3) is 3.33. The quantitative estimate of drug-likeness (QED) is 0.894. The van der Waals surface area contributed by atoms with Gasteiger partial charge in [0.05, 0.1) is 25.2 Å². The highest BCUT2D eigenvalue weighted by Crippen LogP contribution is 2.29. The van der Waals surface area contributed by atoms with Crippen molar-refractivity contribution in [1.29, 1.82) is 0 Å². The summed E-state index contributed by atoms with van der Waals surface area (Å²) in [6.45, 7) is 8.51. The molecule has 0 bridgehead atoms. The topological polar surface area (TPSA) is 35.9 Å². The Bertz CT molecular complexity index is 494. The van der Waals surface area contributed by atoms with Crippen LogP contribution in [0.5, 0.6) is 0 Å². The van der Waals surface area contributed by atoms with Crippen LogP contribution in [0.2, 0.25) is 0 Å². The number of rotatable bonds is 5. The smallest absolute Gasteiger partial charge is 0.123 e. The minimum Gasteiger partial charge on any atom is -0.396 e. The summed E-state index contributed by atoms with van der Waals surface area (Å²) in [5.41, 5.74) is 0.990. The van der Waals surface area contributed by atoms with Crippen LogP contribution in [0.3, 0.4) is 0 Å². The molecule has 0 aromatic heterocycles. The second kappa shape index (κ2) is 6.62. The Morgan fingerprint density at radius 2 is 2.00 bits per heavy atom. The number of hydrogen-bond donors (Lipinski definition) is 1. The van der Waals surface area contributed by atoms with Crippen molar-refractivity contribution in [2.45, 2.75) is 13.0 Å². The van der Waals surface area contributed by atoms with E-state index in [2.05, 4.69) is 16.7 Å². The van der Waals surface area contributed by atoms with Gasteiger partial charge in [0, 0.05) is 38.8 Å². The Hall–Kier alpha value is -1.01. The van der Waals surface area contributed by atoms with Gasteiger partial charge in [0.1, 0.15) is 5.82 Å². The molecule has 2 aliphatic heterocycles. The van der Waals surface area contributed by atoms with Gasteiger partial charge in [0.15, 0.2) is 0 Å². The van der Waals surface area contributed by atoms with Crippen molar-refractivity contribution in [3.8, 4) is 0 Å². The third-order valence-corrected chi connectivity index (χ3v) is 5.00. The molecular formula is C17H25FN2O2. The first kappa shape index (κ1) is 15.9. The lowest BCUT2D eigenvalue weighted by Gasteiger charge is -2.46. The molecule has 2 fully saturated rings. The Labute approximate surface area is 131 Å².